The van der Waals surface area contributed by atoms with Gasteiger partial charge in [0.25, 0.3) is 0 Å². The standard InChI is InChI=1S/C12H14F3NO2/c1-11(16,7-10(17)18-2)8-5-3-4-6-9(8)12(13,14)15/h3-6H,7,16H2,1-2H3. The first-order valence-corrected chi connectivity index (χ1v) is 5.21. The number of hydrogen-bond donors (Lipinski definition) is 1. The zero-order valence-electron chi connectivity index (χ0n) is 10.0. The number of alkyl halides is 3. The molecular weight excluding hydrogens is 247 g/mol. The third-order valence-corrected chi connectivity index (χ3v) is 2.59. The molecule has 2 N–H and O–H groups in total. The Balaban J connectivity index is 3.20. The summed E-state index contributed by atoms with van der Waals surface area (Å²) in [5, 5.41) is 0. The molecule has 0 aliphatic rings. The summed E-state index contributed by atoms with van der Waals surface area (Å²) in [7, 11) is 1.16. The number of carbonyl (C=O) groups excluding carboxylic acids is 1. The van der Waals surface area contributed by atoms with Crippen molar-refractivity contribution in [2.75, 3.05) is 7.11 Å². The van der Waals surface area contributed by atoms with Gasteiger partial charge in [-0.1, -0.05) is 18.2 Å². The number of rotatable bonds is 3. The second-order valence-corrected chi connectivity index (χ2v) is 4.21. The lowest BCUT2D eigenvalue weighted by molar-refractivity contribution is -0.144. The van der Waals surface area contributed by atoms with Gasteiger partial charge in [0.15, 0.2) is 0 Å². The summed E-state index contributed by atoms with van der Waals surface area (Å²) >= 11 is 0. The first-order chi connectivity index (χ1) is 8.18. The van der Waals surface area contributed by atoms with E-state index in [9.17, 15) is 18.0 Å². The van der Waals surface area contributed by atoms with Gasteiger partial charge < -0.3 is 10.5 Å². The molecule has 1 rings (SSSR count). The number of carbonyl (C=O) groups is 1. The van der Waals surface area contributed by atoms with Crippen molar-refractivity contribution in [1.82, 2.24) is 0 Å². The summed E-state index contributed by atoms with van der Waals surface area (Å²) in [6.07, 6.45) is -4.83. The van der Waals surface area contributed by atoms with Crippen LogP contribution in [0.3, 0.4) is 0 Å². The number of benzene rings is 1. The van der Waals surface area contributed by atoms with Crippen molar-refractivity contribution in [3.05, 3.63) is 35.4 Å². The molecular formula is C12H14F3NO2. The Morgan fingerprint density at radius 1 is 1.28 bits per heavy atom. The molecule has 6 heteroatoms. The van der Waals surface area contributed by atoms with Gasteiger partial charge in [-0.3, -0.25) is 4.79 Å². The zero-order chi connectivity index (χ0) is 14.0. The van der Waals surface area contributed by atoms with Crippen LogP contribution in [0.5, 0.6) is 0 Å². The molecule has 0 aliphatic carbocycles. The number of nitrogens with two attached hydrogens (primary N) is 1. The minimum Gasteiger partial charge on any atom is -0.469 e. The van der Waals surface area contributed by atoms with Gasteiger partial charge in [-0.2, -0.15) is 13.2 Å². The van der Waals surface area contributed by atoms with E-state index in [0.29, 0.717) is 0 Å². The van der Waals surface area contributed by atoms with Crippen LogP contribution in [0.15, 0.2) is 24.3 Å². The number of esters is 1. The van der Waals surface area contributed by atoms with Crippen molar-refractivity contribution in [3.63, 3.8) is 0 Å². The molecule has 0 amide bonds. The van der Waals surface area contributed by atoms with E-state index in [2.05, 4.69) is 4.74 Å². The molecule has 0 spiro atoms. The highest BCUT2D eigenvalue weighted by Crippen LogP contribution is 2.36. The van der Waals surface area contributed by atoms with E-state index in [1.54, 1.807) is 0 Å². The van der Waals surface area contributed by atoms with Crippen molar-refractivity contribution in [1.29, 1.82) is 0 Å². The minimum absolute atomic E-state index is 0.122. The maximum Gasteiger partial charge on any atom is 0.416 e. The maximum atomic E-state index is 12.8. The molecule has 0 aliphatic heterocycles. The average molecular weight is 261 g/mol. The predicted octanol–water partition coefficient (Wildman–Crippen LogP) is 2.44. The second-order valence-electron chi connectivity index (χ2n) is 4.21. The van der Waals surface area contributed by atoms with E-state index >= 15 is 0 Å². The smallest absolute Gasteiger partial charge is 0.416 e. The lowest BCUT2D eigenvalue weighted by atomic mass is 9.86. The molecule has 1 aromatic carbocycles. The molecule has 0 saturated carbocycles. The van der Waals surface area contributed by atoms with Crippen LogP contribution < -0.4 is 5.73 Å². The largest absolute Gasteiger partial charge is 0.469 e. The summed E-state index contributed by atoms with van der Waals surface area (Å²) in [6, 6.07) is 4.94. The SMILES string of the molecule is COC(=O)CC(C)(N)c1ccccc1C(F)(F)F. The van der Waals surface area contributed by atoms with Gasteiger partial charge in [0.05, 0.1) is 19.1 Å². The lowest BCUT2D eigenvalue weighted by Crippen LogP contribution is -2.38. The summed E-state index contributed by atoms with van der Waals surface area (Å²) in [5.74, 6) is -0.656. The molecule has 1 unspecified atom stereocenters. The van der Waals surface area contributed by atoms with Crippen molar-refractivity contribution in [3.8, 4) is 0 Å². The molecule has 1 aromatic rings. The fourth-order valence-corrected chi connectivity index (χ4v) is 1.70. The molecule has 0 radical (unpaired) electrons. The monoisotopic (exact) mass is 261 g/mol. The highest BCUT2D eigenvalue weighted by atomic mass is 19.4. The summed E-state index contributed by atoms with van der Waals surface area (Å²) < 4.78 is 42.9. The fourth-order valence-electron chi connectivity index (χ4n) is 1.70. The molecule has 0 heterocycles. The Bertz CT molecular complexity index is 441. The number of hydrogen-bond acceptors (Lipinski definition) is 3. The van der Waals surface area contributed by atoms with Crippen molar-refractivity contribution in [2.45, 2.75) is 25.1 Å². The molecule has 0 bridgehead atoms. The van der Waals surface area contributed by atoms with Crippen LogP contribution >= 0.6 is 0 Å². The quantitative estimate of drug-likeness (QED) is 0.850. The van der Waals surface area contributed by atoms with Crippen LogP contribution in [0.4, 0.5) is 13.2 Å². The lowest BCUT2D eigenvalue weighted by Gasteiger charge is -2.27. The molecule has 0 fully saturated rings. The van der Waals surface area contributed by atoms with Gasteiger partial charge in [-0.25, -0.2) is 0 Å². The van der Waals surface area contributed by atoms with E-state index in [4.69, 9.17) is 5.73 Å². The highest BCUT2D eigenvalue weighted by molar-refractivity contribution is 5.71. The third kappa shape index (κ3) is 3.22. The first kappa shape index (κ1) is 14.5. The Labute approximate surface area is 103 Å². The van der Waals surface area contributed by atoms with Crippen LogP contribution in [0, 0.1) is 0 Å². The van der Waals surface area contributed by atoms with Gasteiger partial charge in [0.1, 0.15) is 0 Å². The normalized spacial score (nSPS) is 15.0. The van der Waals surface area contributed by atoms with Crippen LogP contribution in [-0.2, 0) is 21.2 Å². The third-order valence-electron chi connectivity index (χ3n) is 2.59. The van der Waals surface area contributed by atoms with E-state index in [0.717, 1.165) is 13.2 Å². The number of methoxy groups -OCH3 is 1. The van der Waals surface area contributed by atoms with Gasteiger partial charge in [-0.15, -0.1) is 0 Å². The van der Waals surface area contributed by atoms with Crippen molar-refractivity contribution >= 4 is 5.97 Å². The summed E-state index contributed by atoms with van der Waals surface area (Å²) in [5.41, 5.74) is 3.42. The van der Waals surface area contributed by atoms with Crippen molar-refractivity contribution < 1.29 is 22.7 Å². The van der Waals surface area contributed by atoms with E-state index in [-0.39, 0.29) is 12.0 Å². The van der Waals surface area contributed by atoms with Crippen molar-refractivity contribution in [2.24, 2.45) is 5.73 Å². The Morgan fingerprint density at radius 3 is 2.22 bits per heavy atom. The predicted molar refractivity (Wildman–Crippen MR) is 59.6 cm³/mol. The second kappa shape index (κ2) is 4.97. The molecule has 18 heavy (non-hydrogen) atoms. The summed E-state index contributed by atoms with van der Waals surface area (Å²) in [4.78, 5) is 11.2. The van der Waals surface area contributed by atoms with Crippen LogP contribution in [0.1, 0.15) is 24.5 Å². The molecule has 100 valence electrons. The van der Waals surface area contributed by atoms with Gasteiger partial charge in [-0.05, 0) is 18.6 Å². The molecule has 0 saturated heterocycles. The topological polar surface area (TPSA) is 52.3 Å². The van der Waals surface area contributed by atoms with Gasteiger partial charge in [0, 0.05) is 5.54 Å². The van der Waals surface area contributed by atoms with E-state index < -0.39 is 23.2 Å². The van der Waals surface area contributed by atoms with Gasteiger partial charge >= 0.3 is 12.1 Å². The zero-order valence-corrected chi connectivity index (χ0v) is 10.0. The Hall–Kier alpha value is -1.56. The molecule has 0 aromatic heterocycles. The van der Waals surface area contributed by atoms with E-state index in [1.165, 1.54) is 25.1 Å². The molecule has 3 nitrogen and oxygen atoms in total. The number of ether oxygens (including phenoxy) is 1. The molecule has 1 atom stereocenters. The van der Waals surface area contributed by atoms with Gasteiger partial charge in [0.2, 0.25) is 0 Å². The van der Waals surface area contributed by atoms with Crippen LogP contribution in [0.25, 0.3) is 0 Å². The van der Waals surface area contributed by atoms with Crippen LogP contribution in [0.2, 0.25) is 0 Å². The average Bonchev–Trinajstić information content (AvgIpc) is 2.27. The van der Waals surface area contributed by atoms with Crippen LogP contribution in [-0.4, -0.2) is 13.1 Å². The first-order valence-electron chi connectivity index (χ1n) is 5.21. The maximum absolute atomic E-state index is 12.8. The minimum atomic E-state index is -4.51. The Kier molecular flexibility index (Phi) is 4.01. The number of halogens is 3. The fraction of sp³-hybridized carbons (Fsp3) is 0.417. The summed E-state index contributed by atoms with van der Waals surface area (Å²) in [6.45, 7) is 1.37. The Morgan fingerprint density at radius 2 is 1.78 bits per heavy atom. The van der Waals surface area contributed by atoms with E-state index in [1.807, 2.05) is 0 Å². The highest BCUT2D eigenvalue weighted by Gasteiger charge is 2.38.